The van der Waals surface area contributed by atoms with Crippen LogP contribution >= 0.6 is 0 Å². The average Bonchev–Trinajstić information content (AvgIpc) is 3.42. The molecule has 2 aromatic heterocycles. The molecule has 0 spiro atoms. The highest BCUT2D eigenvalue weighted by Gasteiger charge is 2.41. The van der Waals surface area contributed by atoms with Gasteiger partial charge in [-0.15, -0.1) is 0 Å². The van der Waals surface area contributed by atoms with E-state index in [0.29, 0.717) is 29.2 Å². The topological polar surface area (TPSA) is 73.0 Å². The third-order valence-electron chi connectivity index (χ3n) is 7.27. The second kappa shape index (κ2) is 7.33. The Bertz CT molecular complexity index is 1230. The lowest BCUT2D eigenvalue weighted by Gasteiger charge is -2.43. The van der Waals surface area contributed by atoms with E-state index in [4.69, 9.17) is 6.47 Å². The van der Waals surface area contributed by atoms with Crippen molar-refractivity contribution < 1.29 is 1.37 Å². The summed E-state index contributed by atoms with van der Waals surface area (Å²) in [5, 5.41) is 18.8. The van der Waals surface area contributed by atoms with Gasteiger partial charge in [0.15, 0.2) is 0 Å². The third-order valence-corrected chi connectivity index (χ3v) is 7.27. The molecule has 158 valence electrons. The number of pyridine rings is 1. The monoisotopic (exact) mass is 414 g/mol. The van der Waals surface area contributed by atoms with E-state index >= 15 is 0 Å². The molecule has 7 nitrogen and oxygen atoms in total. The van der Waals surface area contributed by atoms with Crippen LogP contribution in [0.15, 0.2) is 36.6 Å². The minimum absolute atomic E-state index is 0.194. The molecule has 0 amide bonds. The Morgan fingerprint density at radius 3 is 3.06 bits per heavy atom. The number of piperazine rings is 1. The molecule has 0 saturated carbocycles. The molecule has 0 aliphatic carbocycles. The van der Waals surface area contributed by atoms with Gasteiger partial charge in [-0.05, 0) is 56.1 Å². The SMILES string of the molecule is [2H]c1ccc2c(N3C[C@@H]4C[C@H](n5ncc6c5CNCC6)CN4[C@H](C)C3)ccc(C#N)c2n1. The number of benzene rings is 1. The van der Waals surface area contributed by atoms with Crippen LogP contribution in [-0.4, -0.2) is 57.9 Å². The molecule has 3 aliphatic heterocycles. The molecule has 3 aliphatic rings. The van der Waals surface area contributed by atoms with Crippen LogP contribution < -0.4 is 10.2 Å². The van der Waals surface area contributed by atoms with Gasteiger partial charge >= 0.3 is 0 Å². The van der Waals surface area contributed by atoms with Crippen molar-refractivity contribution in [2.24, 2.45) is 0 Å². The summed E-state index contributed by atoms with van der Waals surface area (Å²) in [5.74, 6) is 0. The van der Waals surface area contributed by atoms with Crippen molar-refractivity contribution in [2.45, 2.75) is 44.4 Å². The van der Waals surface area contributed by atoms with E-state index < -0.39 is 0 Å². The van der Waals surface area contributed by atoms with E-state index in [9.17, 15) is 5.26 Å². The summed E-state index contributed by atoms with van der Waals surface area (Å²) in [4.78, 5) is 9.46. The Balaban J connectivity index is 1.30. The van der Waals surface area contributed by atoms with Crippen molar-refractivity contribution in [2.75, 3.05) is 31.1 Å². The lowest BCUT2D eigenvalue weighted by molar-refractivity contribution is 0.163. The van der Waals surface area contributed by atoms with Gasteiger partial charge in [0.2, 0.25) is 0 Å². The Labute approximate surface area is 183 Å². The molecule has 0 unspecified atom stereocenters. The first-order valence-electron chi connectivity index (χ1n) is 11.7. The number of nitrogens with zero attached hydrogens (tertiary/aromatic N) is 6. The second-order valence-electron chi connectivity index (χ2n) is 9.06. The Morgan fingerprint density at radius 2 is 2.16 bits per heavy atom. The average molecular weight is 415 g/mol. The minimum Gasteiger partial charge on any atom is -0.368 e. The van der Waals surface area contributed by atoms with Gasteiger partial charge in [-0.25, -0.2) is 0 Å². The van der Waals surface area contributed by atoms with Gasteiger partial charge < -0.3 is 10.2 Å². The summed E-state index contributed by atoms with van der Waals surface area (Å²) < 4.78 is 10.2. The second-order valence-corrected chi connectivity index (χ2v) is 9.06. The Hall–Kier alpha value is -2.95. The number of fused-ring (bicyclic) bond motifs is 3. The fraction of sp³-hybridized carbons (Fsp3) is 0.458. The summed E-state index contributed by atoms with van der Waals surface area (Å²) in [6, 6.07) is 11.1. The quantitative estimate of drug-likeness (QED) is 0.695. The maximum absolute atomic E-state index is 9.51. The van der Waals surface area contributed by atoms with Gasteiger partial charge in [-0.3, -0.25) is 14.6 Å². The highest BCUT2D eigenvalue weighted by atomic mass is 15.4. The predicted octanol–water partition coefficient (Wildman–Crippen LogP) is 2.47. The molecule has 3 atom stereocenters. The van der Waals surface area contributed by atoms with Crippen molar-refractivity contribution in [3.63, 3.8) is 0 Å². The zero-order chi connectivity index (χ0) is 21.8. The first-order valence-corrected chi connectivity index (χ1v) is 11.2. The van der Waals surface area contributed by atoms with Gasteiger partial charge in [0, 0.05) is 55.5 Å². The molecule has 3 aromatic rings. The predicted molar refractivity (Wildman–Crippen MR) is 120 cm³/mol. The standard InChI is InChI=1S/C24H27N7/c1-16-13-29(22-5-4-17(10-25)24-21(22)3-2-7-27-24)14-19-9-20(15-30(16)19)31-23-12-26-8-6-18(23)11-28-31/h2-5,7,11,16,19-20,26H,6,8-9,12-15H2,1H3/t16-,19+,20+/m1/s1/i7D. The minimum atomic E-state index is 0.194. The fourth-order valence-corrected chi connectivity index (χ4v) is 5.80. The van der Waals surface area contributed by atoms with E-state index in [0.717, 1.165) is 56.6 Å². The summed E-state index contributed by atoms with van der Waals surface area (Å²) in [6.45, 7) is 7.21. The normalized spacial score (nSPS) is 26.4. The molecule has 1 aromatic carbocycles. The van der Waals surface area contributed by atoms with Crippen LogP contribution in [-0.2, 0) is 13.0 Å². The lowest BCUT2D eigenvalue weighted by atomic mass is 10.0. The number of nitriles is 1. The van der Waals surface area contributed by atoms with E-state index in [2.05, 4.69) is 50.0 Å². The number of anilines is 1. The molecule has 2 saturated heterocycles. The third kappa shape index (κ3) is 3.01. The van der Waals surface area contributed by atoms with E-state index in [1.807, 2.05) is 12.1 Å². The first kappa shape index (κ1) is 17.7. The zero-order valence-corrected chi connectivity index (χ0v) is 17.8. The molecule has 5 heterocycles. The van der Waals surface area contributed by atoms with Crippen molar-refractivity contribution in [1.82, 2.24) is 25.0 Å². The van der Waals surface area contributed by atoms with Gasteiger partial charge in [0.25, 0.3) is 0 Å². The van der Waals surface area contributed by atoms with Gasteiger partial charge in [-0.2, -0.15) is 10.4 Å². The molecular formula is C24H27N7. The molecular weight excluding hydrogens is 386 g/mol. The van der Waals surface area contributed by atoms with Gasteiger partial charge in [0.1, 0.15) is 6.07 Å². The van der Waals surface area contributed by atoms with Crippen molar-refractivity contribution >= 4 is 16.6 Å². The van der Waals surface area contributed by atoms with Crippen molar-refractivity contribution in [1.29, 1.82) is 5.26 Å². The van der Waals surface area contributed by atoms with E-state index in [1.165, 1.54) is 11.3 Å². The van der Waals surface area contributed by atoms with Crippen LogP contribution in [0.5, 0.6) is 0 Å². The van der Waals surface area contributed by atoms with E-state index in [-0.39, 0.29) is 6.17 Å². The number of rotatable bonds is 2. The van der Waals surface area contributed by atoms with Gasteiger partial charge in [-0.1, -0.05) is 0 Å². The van der Waals surface area contributed by atoms with Crippen LogP contribution in [0.25, 0.3) is 10.9 Å². The molecule has 7 heteroatoms. The van der Waals surface area contributed by atoms with Crippen LogP contribution in [0.2, 0.25) is 0 Å². The maximum Gasteiger partial charge on any atom is 0.101 e. The number of nitrogens with one attached hydrogen (secondary N) is 1. The number of hydrogen-bond donors (Lipinski definition) is 1. The van der Waals surface area contributed by atoms with E-state index in [1.54, 1.807) is 6.07 Å². The highest BCUT2D eigenvalue weighted by molar-refractivity contribution is 5.95. The summed E-state index contributed by atoms with van der Waals surface area (Å²) in [7, 11) is 0. The number of hydrogen-bond acceptors (Lipinski definition) is 6. The summed E-state index contributed by atoms with van der Waals surface area (Å²) in [5.41, 5.74) is 5.03. The number of aromatic nitrogens is 3. The van der Waals surface area contributed by atoms with Crippen molar-refractivity contribution in [3.05, 3.63) is 53.5 Å². The fourth-order valence-electron chi connectivity index (χ4n) is 5.80. The molecule has 31 heavy (non-hydrogen) atoms. The van der Waals surface area contributed by atoms with Crippen LogP contribution in [0, 0.1) is 11.3 Å². The zero-order valence-electron chi connectivity index (χ0n) is 18.8. The Kier molecular flexibility index (Phi) is 4.18. The van der Waals surface area contributed by atoms with Crippen LogP contribution in [0.4, 0.5) is 5.69 Å². The molecule has 0 radical (unpaired) electrons. The first-order chi connectivity index (χ1) is 15.6. The molecule has 1 N–H and O–H groups in total. The van der Waals surface area contributed by atoms with Crippen LogP contribution in [0.1, 0.15) is 37.6 Å². The highest BCUT2D eigenvalue weighted by Crippen LogP contribution is 2.37. The Morgan fingerprint density at radius 1 is 1.23 bits per heavy atom. The van der Waals surface area contributed by atoms with Gasteiger partial charge in [0.05, 0.1) is 30.4 Å². The molecule has 2 fully saturated rings. The molecule has 6 rings (SSSR count). The smallest absolute Gasteiger partial charge is 0.101 e. The lowest BCUT2D eigenvalue weighted by Crippen LogP contribution is -2.55. The van der Waals surface area contributed by atoms with Crippen LogP contribution in [0.3, 0.4) is 0 Å². The summed E-state index contributed by atoms with van der Waals surface area (Å²) >= 11 is 0. The summed E-state index contributed by atoms with van der Waals surface area (Å²) in [6.07, 6.45) is 4.43. The van der Waals surface area contributed by atoms with Crippen molar-refractivity contribution in [3.8, 4) is 6.07 Å². The molecule has 0 bridgehead atoms. The maximum atomic E-state index is 9.51. The largest absolute Gasteiger partial charge is 0.368 e.